The van der Waals surface area contributed by atoms with Gasteiger partial charge in [-0.15, -0.1) is 24.0 Å². The van der Waals surface area contributed by atoms with Crippen molar-refractivity contribution >= 4 is 29.9 Å². The van der Waals surface area contributed by atoms with Crippen molar-refractivity contribution in [3.63, 3.8) is 0 Å². The number of halogens is 1. The summed E-state index contributed by atoms with van der Waals surface area (Å²) >= 11 is 0. The predicted octanol–water partition coefficient (Wildman–Crippen LogP) is 2.61. The fraction of sp³-hybridized carbons (Fsp3) is 0.412. The lowest BCUT2D eigenvalue weighted by Crippen LogP contribution is -2.39. The summed E-state index contributed by atoms with van der Waals surface area (Å²) in [5.74, 6) is 1.51. The highest BCUT2D eigenvalue weighted by atomic mass is 127. The molecular formula is C17H24IN5. The second-order valence-corrected chi connectivity index (χ2v) is 5.63. The Bertz CT molecular complexity index is 597. The summed E-state index contributed by atoms with van der Waals surface area (Å²) < 4.78 is 1.95. The van der Waals surface area contributed by atoms with Crippen LogP contribution in [0.3, 0.4) is 0 Å². The lowest BCUT2D eigenvalue weighted by molar-refractivity contribution is 0.570. The summed E-state index contributed by atoms with van der Waals surface area (Å²) in [4.78, 5) is 4.30. The molecule has 1 heterocycles. The van der Waals surface area contributed by atoms with Crippen molar-refractivity contribution in [2.45, 2.75) is 31.3 Å². The molecule has 2 aromatic rings. The molecule has 0 aliphatic heterocycles. The average molecular weight is 425 g/mol. The number of aromatic nitrogens is 2. The normalized spacial score (nSPS) is 19.8. The molecular weight excluding hydrogens is 401 g/mol. The standard InChI is InChI=1S/C17H23N5.HI/c1-18-17(19-9-5-11-22-12-6-10-20-22)21-16-13-15(16)14-7-3-2-4-8-14;/h2-4,6-8,10,12,15-16H,5,9,11,13H2,1H3,(H2,18,19,21);1H. The Labute approximate surface area is 154 Å². The molecule has 124 valence electrons. The van der Waals surface area contributed by atoms with Crippen molar-refractivity contribution < 1.29 is 0 Å². The Morgan fingerprint density at radius 3 is 2.83 bits per heavy atom. The van der Waals surface area contributed by atoms with Crippen LogP contribution in [0.5, 0.6) is 0 Å². The molecule has 0 bridgehead atoms. The molecule has 2 unspecified atom stereocenters. The van der Waals surface area contributed by atoms with Crippen LogP contribution in [0.15, 0.2) is 53.8 Å². The minimum atomic E-state index is 0. The van der Waals surface area contributed by atoms with Crippen LogP contribution in [-0.4, -0.2) is 35.4 Å². The van der Waals surface area contributed by atoms with Crippen LogP contribution in [-0.2, 0) is 6.54 Å². The highest BCUT2D eigenvalue weighted by molar-refractivity contribution is 14.0. The molecule has 5 nitrogen and oxygen atoms in total. The maximum absolute atomic E-state index is 4.30. The highest BCUT2D eigenvalue weighted by Gasteiger charge is 2.38. The molecule has 1 aliphatic rings. The maximum Gasteiger partial charge on any atom is 0.191 e. The Morgan fingerprint density at radius 2 is 2.13 bits per heavy atom. The van der Waals surface area contributed by atoms with Crippen LogP contribution in [0.2, 0.25) is 0 Å². The SMILES string of the molecule is CN=C(NCCCn1cccn1)NC1CC1c1ccccc1.I. The summed E-state index contributed by atoms with van der Waals surface area (Å²) in [5, 5.41) is 11.1. The third-order valence-corrected chi connectivity index (χ3v) is 3.98. The monoisotopic (exact) mass is 425 g/mol. The molecule has 0 spiro atoms. The number of nitrogens with one attached hydrogen (secondary N) is 2. The first kappa shape index (κ1) is 17.8. The van der Waals surface area contributed by atoms with Crippen molar-refractivity contribution in [2.75, 3.05) is 13.6 Å². The number of aliphatic imine (C=N–C) groups is 1. The highest BCUT2D eigenvalue weighted by Crippen LogP contribution is 2.40. The van der Waals surface area contributed by atoms with E-state index in [1.807, 2.05) is 30.2 Å². The molecule has 23 heavy (non-hydrogen) atoms. The van der Waals surface area contributed by atoms with Gasteiger partial charge in [-0.1, -0.05) is 30.3 Å². The number of rotatable bonds is 6. The van der Waals surface area contributed by atoms with Gasteiger partial charge < -0.3 is 10.6 Å². The Morgan fingerprint density at radius 1 is 1.30 bits per heavy atom. The minimum Gasteiger partial charge on any atom is -0.356 e. The summed E-state index contributed by atoms with van der Waals surface area (Å²) in [7, 11) is 1.82. The van der Waals surface area contributed by atoms with Crippen LogP contribution in [0.25, 0.3) is 0 Å². The number of aryl methyl sites for hydroxylation is 1. The lowest BCUT2D eigenvalue weighted by Gasteiger charge is -2.12. The van der Waals surface area contributed by atoms with Crippen LogP contribution in [0.4, 0.5) is 0 Å². The molecule has 1 aromatic carbocycles. The van der Waals surface area contributed by atoms with E-state index in [-0.39, 0.29) is 24.0 Å². The van der Waals surface area contributed by atoms with Gasteiger partial charge in [0, 0.05) is 44.5 Å². The van der Waals surface area contributed by atoms with Gasteiger partial charge in [-0.2, -0.15) is 5.10 Å². The van der Waals surface area contributed by atoms with Crippen molar-refractivity contribution in [3.8, 4) is 0 Å². The van der Waals surface area contributed by atoms with Gasteiger partial charge in [-0.05, 0) is 24.5 Å². The number of nitrogens with zero attached hydrogens (tertiary/aromatic N) is 3. The molecule has 1 aliphatic carbocycles. The molecule has 2 N–H and O–H groups in total. The molecule has 3 rings (SSSR count). The fourth-order valence-corrected chi connectivity index (χ4v) is 2.67. The van der Waals surface area contributed by atoms with Crippen LogP contribution in [0, 0.1) is 0 Å². The van der Waals surface area contributed by atoms with Crippen molar-refractivity contribution in [2.24, 2.45) is 4.99 Å². The van der Waals surface area contributed by atoms with Gasteiger partial charge >= 0.3 is 0 Å². The summed E-state index contributed by atoms with van der Waals surface area (Å²) in [6.07, 6.45) is 6.00. The first-order valence-corrected chi connectivity index (χ1v) is 7.86. The van der Waals surface area contributed by atoms with E-state index in [0.29, 0.717) is 12.0 Å². The molecule has 0 radical (unpaired) electrons. The van der Waals surface area contributed by atoms with E-state index in [2.05, 4.69) is 51.1 Å². The largest absolute Gasteiger partial charge is 0.356 e. The van der Waals surface area contributed by atoms with Crippen molar-refractivity contribution in [1.29, 1.82) is 0 Å². The number of benzene rings is 1. The third kappa shape index (κ3) is 5.23. The van der Waals surface area contributed by atoms with Gasteiger partial charge in [-0.3, -0.25) is 9.67 Å². The fourth-order valence-electron chi connectivity index (χ4n) is 2.67. The van der Waals surface area contributed by atoms with Crippen molar-refractivity contribution in [1.82, 2.24) is 20.4 Å². The molecule has 0 amide bonds. The van der Waals surface area contributed by atoms with Gasteiger partial charge in [-0.25, -0.2) is 0 Å². The van der Waals surface area contributed by atoms with Gasteiger partial charge in [0.15, 0.2) is 5.96 Å². The van der Waals surface area contributed by atoms with E-state index in [9.17, 15) is 0 Å². The van der Waals surface area contributed by atoms with Crippen LogP contribution >= 0.6 is 24.0 Å². The molecule has 2 atom stereocenters. The molecule has 1 saturated carbocycles. The zero-order chi connectivity index (χ0) is 15.2. The Hall–Kier alpha value is -1.57. The van der Waals surface area contributed by atoms with E-state index < -0.39 is 0 Å². The van der Waals surface area contributed by atoms with Gasteiger partial charge in [0.1, 0.15) is 0 Å². The zero-order valence-corrected chi connectivity index (χ0v) is 15.7. The van der Waals surface area contributed by atoms with E-state index >= 15 is 0 Å². The topological polar surface area (TPSA) is 54.2 Å². The summed E-state index contributed by atoms with van der Waals surface area (Å²) in [5.41, 5.74) is 1.41. The molecule has 6 heteroatoms. The quantitative estimate of drug-likeness (QED) is 0.324. The zero-order valence-electron chi connectivity index (χ0n) is 13.4. The smallest absolute Gasteiger partial charge is 0.191 e. The molecule has 1 aromatic heterocycles. The summed E-state index contributed by atoms with van der Waals surface area (Å²) in [6, 6.07) is 13.1. The van der Waals surface area contributed by atoms with E-state index in [4.69, 9.17) is 0 Å². The molecule has 1 fully saturated rings. The second-order valence-electron chi connectivity index (χ2n) is 5.63. The molecule has 0 saturated heterocycles. The van der Waals surface area contributed by atoms with Gasteiger partial charge in [0.2, 0.25) is 0 Å². The lowest BCUT2D eigenvalue weighted by atomic mass is 10.1. The first-order chi connectivity index (χ1) is 10.9. The second kappa shape index (κ2) is 8.90. The average Bonchev–Trinajstić information content (AvgIpc) is 3.13. The predicted molar refractivity (Wildman–Crippen MR) is 104 cm³/mol. The van der Waals surface area contributed by atoms with E-state index in [1.165, 1.54) is 12.0 Å². The minimum absolute atomic E-state index is 0. The van der Waals surface area contributed by atoms with Crippen molar-refractivity contribution in [3.05, 3.63) is 54.4 Å². The van der Waals surface area contributed by atoms with Gasteiger partial charge in [0.25, 0.3) is 0 Å². The van der Waals surface area contributed by atoms with Crippen LogP contribution in [0.1, 0.15) is 24.3 Å². The van der Waals surface area contributed by atoms with E-state index in [0.717, 1.165) is 25.5 Å². The number of hydrogen-bond donors (Lipinski definition) is 2. The summed E-state index contributed by atoms with van der Waals surface area (Å²) in [6.45, 7) is 1.81. The first-order valence-electron chi connectivity index (χ1n) is 7.86. The number of guanidine groups is 1. The van der Waals surface area contributed by atoms with Gasteiger partial charge in [0.05, 0.1) is 0 Å². The Kier molecular flexibility index (Phi) is 6.88. The number of hydrogen-bond acceptors (Lipinski definition) is 2. The van der Waals surface area contributed by atoms with Crippen LogP contribution < -0.4 is 10.6 Å². The maximum atomic E-state index is 4.30. The van der Waals surface area contributed by atoms with E-state index in [1.54, 1.807) is 0 Å². The Balaban J connectivity index is 0.00000192. The third-order valence-electron chi connectivity index (χ3n) is 3.98.